The van der Waals surface area contributed by atoms with Gasteiger partial charge < -0.3 is 20.4 Å². The van der Waals surface area contributed by atoms with E-state index in [2.05, 4.69) is 0 Å². The standard InChI is InChI=1S/C22H19ClN2O4/c1-2-14-12-16(9-10-18(14)21(26)27)25(22(24)28)19-13-15(23)8-11-20(19)29-17-6-4-3-5-7-17/h3-13H,2H2,1H3,(H2,24,28)(H,26,27)/p-1. The zero-order chi connectivity index (χ0) is 21.0. The third-order valence-electron chi connectivity index (χ3n) is 4.30. The van der Waals surface area contributed by atoms with Crippen molar-refractivity contribution >= 4 is 35.0 Å². The van der Waals surface area contributed by atoms with E-state index in [0.717, 1.165) is 0 Å². The number of amides is 2. The van der Waals surface area contributed by atoms with E-state index in [1.807, 2.05) is 25.1 Å². The zero-order valence-electron chi connectivity index (χ0n) is 15.6. The van der Waals surface area contributed by atoms with Gasteiger partial charge in [-0.2, -0.15) is 0 Å². The fourth-order valence-corrected chi connectivity index (χ4v) is 3.13. The number of benzene rings is 3. The highest BCUT2D eigenvalue weighted by molar-refractivity contribution is 6.31. The summed E-state index contributed by atoms with van der Waals surface area (Å²) in [6, 6.07) is 17.6. The molecule has 0 aliphatic carbocycles. The Labute approximate surface area is 173 Å². The van der Waals surface area contributed by atoms with Crippen LogP contribution in [0.5, 0.6) is 11.5 Å². The SMILES string of the molecule is CCc1cc(N(C(N)=O)c2cc(Cl)ccc2Oc2ccccc2)ccc1C(=O)[O-]. The van der Waals surface area contributed by atoms with Gasteiger partial charge in [-0.3, -0.25) is 4.90 Å². The predicted molar refractivity (Wildman–Crippen MR) is 110 cm³/mol. The predicted octanol–water partition coefficient (Wildman–Crippen LogP) is 4.28. The van der Waals surface area contributed by atoms with E-state index in [1.165, 1.54) is 17.0 Å². The van der Waals surface area contributed by atoms with E-state index in [1.54, 1.807) is 36.4 Å². The summed E-state index contributed by atoms with van der Waals surface area (Å²) in [5, 5.41) is 11.7. The van der Waals surface area contributed by atoms with Crippen LogP contribution in [0, 0.1) is 0 Å². The second-order valence-electron chi connectivity index (χ2n) is 6.18. The summed E-state index contributed by atoms with van der Waals surface area (Å²) >= 11 is 6.16. The minimum atomic E-state index is -1.28. The molecule has 0 aliphatic rings. The van der Waals surface area contributed by atoms with Gasteiger partial charge in [0.2, 0.25) is 0 Å². The van der Waals surface area contributed by atoms with Crippen LogP contribution in [0.25, 0.3) is 0 Å². The van der Waals surface area contributed by atoms with Gasteiger partial charge in [0.1, 0.15) is 5.75 Å². The van der Waals surface area contributed by atoms with E-state index in [9.17, 15) is 14.7 Å². The van der Waals surface area contributed by atoms with Gasteiger partial charge in [0, 0.05) is 10.6 Å². The van der Waals surface area contributed by atoms with Gasteiger partial charge in [0.15, 0.2) is 5.75 Å². The van der Waals surface area contributed by atoms with Crippen LogP contribution in [0.1, 0.15) is 22.8 Å². The summed E-state index contributed by atoms with van der Waals surface area (Å²) in [5.41, 5.74) is 6.96. The van der Waals surface area contributed by atoms with Crippen molar-refractivity contribution < 1.29 is 19.4 Å². The number of rotatable bonds is 6. The van der Waals surface area contributed by atoms with Crippen LogP contribution < -0.4 is 20.5 Å². The van der Waals surface area contributed by atoms with Crippen molar-refractivity contribution in [3.63, 3.8) is 0 Å². The summed E-state index contributed by atoms with van der Waals surface area (Å²) in [6.07, 6.45) is 0.437. The van der Waals surface area contributed by atoms with Crippen LogP contribution in [-0.2, 0) is 6.42 Å². The largest absolute Gasteiger partial charge is 0.545 e. The van der Waals surface area contributed by atoms with Crippen molar-refractivity contribution in [3.8, 4) is 11.5 Å². The number of carbonyl (C=O) groups is 2. The number of nitrogens with two attached hydrogens (primary N) is 1. The average molecular weight is 410 g/mol. The first kappa shape index (κ1) is 20.2. The van der Waals surface area contributed by atoms with Crippen molar-refractivity contribution in [2.75, 3.05) is 4.90 Å². The smallest absolute Gasteiger partial charge is 0.324 e. The Hall–Kier alpha value is -3.51. The summed E-state index contributed by atoms with van der Waals surface area (Å²) < 4.78 is 5.92. The number of carboxylic acid groups (broad SMARTS) is 1. The van der Waals surface area contributed by atoms with E-state index in [4.69, 9.17) is 22.1 Å². The van der Waals surface area contributed by atoms with Crippen LogP contribution in [0.3, 0.4) is 0 Å². The molecule has 0 aliphatic heterocycles. The Morgan fingerprint density at radius 3 is 2.41 bits per heavy atom. The normalized spacial score (nSPS) is 10.4. The molecule has 3 aromatic carbocycles. The number of aryl methyl sites for hydroxylation is 1. The molecule has 0 spiro atoms. The lowest BCUT2D eigenvalue weighted by molar-refractivity contribution is -0.255. The third kappa shape index (κ3) is 4.50. The highest BCUT2D eigenvalue weighted by atomic mass is 35.5. The lowest BCUT2D eigenvalue weighted by Gasteiger charge is -2.25. The molecule has 0 saturated heterocycles. The zero-order valence-corrected chi connectivity index (χ0v) is 16.3. The average Bonchev–Trinajstić information content (AvgIpc) is 2.70. The molecule has 0 radical (unpaired) electrons. The number of nitrogens with zero attached hydrogens (tertiary/aromatic N) is 1. The second-order valence-corrected chi connectivity index (χ2v) is 6.62. The Bertz CT molecular complexity index is 1050. The first-order valence-electron chi connectivity index (χ1n) is 8.87. The Morgan fingerprint density at radius 1 is 1.07 bits per heavy atom. The van der Waals surface area contributed by atoms with Crippen molar-refractivity contribution in [1.29, 1.82) is 0 Å². The fourth-order valence-electron chi connectivity index (χ4n) is 2.96. The second kappa shape index (κ2) is 8.67. The number of halogens is 1. The summed E-state index contributed by atoms with van der Waals surface area (Å²) in [4.78, 5) is 24.9. The summed E-state index contributed by atoms with van der Waals surface area (Å²) in [7, 11) is 0. The van der Waals surface area contributed by atoms with Crippen LogP contribution in [0.4, 0.5) is 16.2 Å². The number of carbonyl (C=O) groups excluding carboxylic acids is 2. The first-order chi connectivity index (χ1) is 13.9. The molecule has 148 valence electrons. The van der Waals surface area contributed by atoms with Gasteiger partial charge in [0.05, 0.1) is 17.3 Å². The molecular formula is C22H18ClN2O4-. The molecule has 7 heteroatoms. The van der Waals surface area contributed by atoms with Gasteiger partial charge >= 0.3 is 6.03 Å². The molecule has 0 bridgehead atoms. The van der Waals surface area contributed by atoms with Crippen LogP contribution >= 0.6 is 11.6 Å². The highest BCUT2D eigenvalue weighted by Crippen LogP contribution is 2.38. The number of ether oxygens (including phenoxy) is 1. The molecule has 0 aromatic heterocycles. The number of anilines is 2. The third-order valence-corrected chi connectivity index (χ3v) is 4.54. The molecule has 0 atom stereocenters. The van der Waals surface area contributed by atoms with Crippen LogP contribution in [0.15, 0.2) is 66.7 Å². The number of primary amides is 1. The van der Waals surface area contributed by atoms with Crippen LogP contribution in [-0.4, -0.2) is 12.0 Å². The molecule has 2 amide bonds. The number of hydrogen-bond acceptors (Lipinski definition) is 4. The first-order valence-corrected chi connectivity index (χ1v) is 9.24. The quantitative estimate of drug-likeness (QED) is 0.657. The number of aromatic carboxylic acids is 1. The molecule has 29 heavy (non-hydrogen) atoms. The molecule has 0 heterocycles. The molecule has 0 fully saturated rings. The minimum absolute atomic E-state index is 0.0625. The van der Waals surface area contributed by atoms with Gasteiger partial charge in [-0.15, -0.1) is 0 Å². The maximum atomic E-state index is 12.4. The van der Waals surface area contributed by atoms with Gasteiger partial charge in [0.25, 0.3) is 0 Å². The van der Waals surface area contributed by atoms with E-state index in [0.29, 0.717) is 39.9 Å². The molecule has 6 nitrogen and oxygen atoms in total. The van der Waals surface area contributed by atoms with Gasteiger partial charge in [-0.1, -0.05) is 42.8 Å². The molecular weight excluding hydrogens is 392 g/mol. The lowest BCUT2D eigenvalue weighted by atomic mass is 10.0. The van der Waals surface area contributed by atoms with Gasteiger partial charge in [-0.25, -0.2) is 4.79 Å². The van der Waals surface area contributed by atoms with E-state index >= 15 is 0 Å². The van der Waals surface area contributed by atoms with Crippen LogP contribution in [0.2, 0.25) is 5.02 Å². The lowest BCUT2D eigenvalue weighted by Crippen LogP contribution is -2.32. The fraction of sp³-hybridized carbons (Fsp3) is 0.0909. The van der Waals surface area contributed by atoms with Crippen molar-refractivity contribution in [3.05, 3.63) is 82.9 Å². The molecule has 2 N–H and O–H groups in total. The topological polar surface area (TPSA) is 95.7 Å². The highest BCUT2D eigenvalue weighted by Gasteiger charge is 2.21. The molecule has 3 rings (SSSR count). The molecule has 0 unspecified atom stereocenters. The maximum absolute atomic E-state index is 12.4. The molecule has 3 aromatic rings. The summed E-state index contributed by atoms with van der Waals surface area (Å²) in [6.45, 7) is 1.81. The molecule has 0 saturated carbocycles. The van der Waals surface area contributed by atoms with Crippen molar-refractivity contribution in [2.24, 2.45) is 5.73 Å². The Balaban J connectivity index is 2.12. The van der Waals surface area contributed by atoms with Crippen molar-refractivity contribution in [2.45, 2.75) is 13.3 Å². The van der Waals surface area contributed by atoms with E-state index in [-0.39, 0.29) is 5.56 Å². The summed E-state index contributed by atoms with van der Waals surface area (Å²) in [5.74, 6) is -0.349. The Morgan fingerprint density at radius 2 is 1.79 bits per heavy atom. The Kier molecular flexibility index (Phi) is 6.04. The number of hydrogen-bond donors (Lipinski definition) is 1. The number of urea groups is 1. The van der Waals surface area contributed by atoms with E-state index < -0.39 is 12.0 Å². The van der Waals surface area contributed by atoms with Gasteiger partial charge in [-0.05, 0) is 54.4 Å². The number of para-hydroxylation sites is 1. The number of carboxylic acids is 1. The monoisotopic (exact) mass is 409 g/mol. The minimum Gasteiger partial charge on any atom is -0.545 e. The van der Waals surface area contributed by atoms with Crippen molar-refractivity contribution in [1.82, 2.24) is 0 Å². The maximum Gasteiger partial charge on any atom is 0.324 e.